The molecule has 20 heavy (non-hydrogen) atoms. The zero-order chi connectivity index (χ0) is 14.1. The van der Waals surface area contributed by atoms with Crippen molar-refractivity contribution in [1.82, 2.24) is 5.32 Å². The van der Waals surface area contributed by atoms with Crippen molar-refractivity contribution in [1.29, 1.82) is 5.26 Å². The maximum Gasteiger partial charge on any atom is 0.251 e. The van der Waals surface area contributed by atoms with Crippen molar-refractivity contribution in [2.24, 2.45) is 0 Å². The molecule has 0 radical (unpaired) electrons. The molecule has 98 valence electrons. The molecule has 3 rings (SSSR count). The third kappa shape index (κ3) is 1.81. The minimum absolute atomic E-state index is 0.0394. The first kappa shape index (κ1) is 12.2. The Balaban J connectivity index is 2.16. The molecule has 1 heterocycles. The van der Waals surface area contributed by atoms with E-state index < -0.39 is 0 Å². The first-order valence-electron chi connectivity index (χ1n) is 6.23. The third-order valence-electron chi connectivity index (χ3n) is 3.48. The van der Waals surface area contributed by atoms with Gasteiger partial charge in [-0.15, -0.1) is 0 Å². The zero-order valence-corrected chi connectivity index (χ0v) is 10.9. The molecule has 0 atom stereocenters. The maximum absolute atomic E-state index is 11.7. The molecule has 0 fully saturated rings. The zero-order valence-electron chi connectivity index (χ0n) is 10.9. The molecule has 0 aliphatic carbocycles. The first-order chi connectivity index (χ1) is 9.74. The fraction of sp³-hybridized carbons (Fsp3) is 0.125. The molecule has 4 heteroatoms. The van der Waals surface area contributed by atoms with Crippen LogP contribution in [0.15, 0.2) is 36.4 Å². The highest BCUT2D eigenvalue weighted by molar-refractivity contribution is 6.00. The SMILES string of the molecule is COc1cc(-c2cccc3c2CNC3=O)ccc1C#N. The normalized spacial score (nSPS) is 12.5. The lowest BCUT2D eigenvalue weighted by atomic mass is 9.96. The Bertz CT molecular complexity index is 745. The van der Waals surface area contributed by atoms with E-state index in [0.717, 1.165) is 16.7 Å². The van der Waals surface area contributed by atoms with E-state index in [9.17, 15) is 4.79 Å². The molecule has 0 aromatic heterocycles. The van der Waals surface area contributed by atoms with Gasteiger partial charge in [0.1, 0.15) is 11.8 Å². The Labute approximate surface area is 116 Å². The standard InChI is InChI=1S/C16H12N2O2/c1-20-15-7-10(5-6-11(15)8-17)12-3-2-4-13-14(12)9-18-16(13)19/h2-7H,9H2,1H3,(H,18,19). The summed E-state index contributed by atoms with van der Waals surface area (Å²) in [6.07, 6.45) is 0. The molecule has 1 amide bonds. The number of nitriles is 1. The van der Waals surface area contributed by atoms with Gasteiger partial charge in [0.2, 0.25) is 0 Å². The molecule has 0 spiro atoms. The Morgan fingerprint density at radius 1 is 1.25 bits per heavy atom. The Morgan fingerprint density at radius 2 is 2.05 bits per heavy atom. The number of carbonyl (C=O) groups is 1. The van der Waals surface area contributed by atoms with Gasteiger partial charge < -0.3 is 10.1 Å². The average molecular weight is 264 g/mol. The molecule has 4 nitrogen and oxygen atoms in total. The number of nitrogens with zero attached hydrogens (tertiary/aromatic N) is 1. The van der Waals surface area contributed by atoms with E-state index in [1.54, 1.807) is 13.2 Å². The molecular weight excluding hydrogens is 252 g/mol. The van der Waals surface area contributed by atoms with Crippen LogP contribution in [-0.2, 0) is 6.54 Å². The van der Waals surface area contributed by atoms with E-state index in [0.29, 0.717) is 23.4 Å². The van der Waals surface area contributed by atoms with Crippen molar-refractivity contribution in [3.8, 4) is 22.9 Å². The number of ether oxygens (including phenoxy) is 1. The van der Waals surface area contributed by atoms with E-state index in [2.05, 4.69) is 11.4 Å². The highest BCUT2D eigenvalue weighted by atomic mass is 16.5. The van der Waals surface area contributed by atoms with Crippen molar-refractivity contribution in [2.45, 2.75) is 6.54 Å². The molecule has 1 aliphatic heterocycles. The fourth-order valence-corrected chi connectivity index (χ4v) is 2.48. The number of hydrogen-bond donors (Lipinski definition) is 1. The van der Waals surface area contributed by atoms with Gasteiger partial charge in [0, 0.05) is 12.1 Å². The van der Waals surface area contributed by atoms with Crippen LogP contribution in [0.5, 0.6) is 5.75 Å². The van der Waals surface area contributed by atoms with Crippen LogP contribution in [0.25, 0.3) is 11.1 Å². The van der Waals surface area contributed by atoms with Gasteiger partial charge in [-0.1, -0.05) is 18.2 Å². The van der Waals surface area contributed by atoms with E-state index in [-0.39, 0.29) is 5.91 Å². The molecule has 0 unspecified atom stereocenters. The molecule has 0 saturated heterocycles. The largest absolute Gasteiger partial charge is 0.495 e. The van der Waals surface area contributed by atoms with Gasteiger partial charge in [0.15, 0.2) is 0 Å². The van der Waals surface area contributed by atoms with Gasteiger partial charge in [-0.2, -0.15) is 5.26 Å². The summed E-state index contributed by atoms with van der Waals surface area (Å²) < 4.78 is 5.23. The summed E-state index contributed by atoms with van der Waals surface area (Å²) in [7, 11) is 1.54. The summed E-state index contributed by atoms with van der Waals surface area (Å²) in [6.45, 7) is 0.534. The molecule has 1 aliphatic rings. The van der Waals surface area contributed by atoms with E-state index >= 15 is 0 Å². The number of rotatable bonds is 2. The fourth-order valence-electron chi connectivity index (χ4n) is 2.48. The molecule has 0 bridgehead atoms. The van der Waals surface area contributed by atoms with Crippen molar-refractivity contribution in [2.75, 3.05) is 7.11 Å². The smallest absolute Gasteiger partial charge is 0.251 e. The van der Waals surface area contributed by atoms with Crippen LogP contribution >= 0.6 is 0 Å². The van der Waals surface area contributed by atoms with E-state index in [4.69, 9.17) is 10.00 Å². The second-order valence-corrected chi connectivity index (χ2v) is 4.54. The number of amides is 1. The number of benzene rings is 2. The second kappa shape index (κ2) is 4.71. The molecule has 2 aromatic carbocycles. The van der Waals surface area contributed by atoms with Gasteiger partial charge in [0.05, 0.1) is 12.7 Å². The number of fused-ring (bicyclic) bond motifs is 1. The lowest BCUT2D eigenvalue weighted by molar-refractivity contribution is 0.0966. The number of carbonyl (C=O) groups excluding carboxylic acids is 1. The number of methoxy groups -OCH3 is 1. The third-order valence-corrected chi connectivity index (χ3v) is 3.48. The highest BCUT2D eigenvalue weighted by Gasteiger charge is 2.22. The van der Waals surface area contributed by atoms with E-state index in [1.807, 2.05) is 30.3 Å². The van der Waals surface area contributed by atoms with Gasteiger partial charge in [0.25, 0.3) is 5.91 Å². The Hall–Kier alpha value is -2.80. The monoisotopic (exact) mass is 264 g/mol. The van der Waals surface area contributed by atoms with Gasteiger partial charge in [-0.25, -0.2) is 0 Å². The average Bonchev–Trinajstić information content (AvgIpc) is 2.88. The van der Waals surface area contributed by atoms with Crippen molar-refractivity contribution in [3.05, 3.63) is 53.1 Å². The molecule has 0 saturated carbocycles. The van der Waals surface area contributed by atoms with Crippen molar-refractivity contribution < 1.29 is 9.53 Å². The van der Waals surface area contributed by atoms with Crippen LogP contribution in [0.2, 0.25) is 0 Å². The number of nitrogens with one attached hydrogen (secondary N) is 1. The summed E-state index contributed by atoms with van der Waals surface area (Å²) in [5.74, 6) is 0.502. The lowest BCUT2D eigenvalue weighted by Gasteiger charge is -2.09. The number of hydrogen-bond acceptors (Lipinski definition) is 3. The van der Waals surface area contributed by atoms with Gasteiger partial charge in [-0.3, -0.25) is 4.79 Å². The summed E-state index contributed by atoms with van der Waals surface area (Å²) in [5, 5.41) is 11.8. The minimum Gasteiger partial charge on any atom is -0.495 e. The predicted octanol–water partition coefficient (Wildman–Crippen LogP) is 2.48. The first-order valence-corrected chi connectivity index (χ1v) is 6.23. The summed E-state index contributed by atoms with van der Waals surface area (Å²) >= 11 is 0. The van der Waals surface area contributed by atoms with Gasteiger partial charge >= 0.3 is 0 Å². The Morgan fingerprint density at radius 3 is 2.80 bits per heavy atom. The maximum atomic E-state index is 11.7. The lowest BCUT2D eigenvalue weighted by Crippen LogP contribution is -2.12. The highest BCUT2D eigenvalue weighted by Crippen LogP contribution is 2.32. The molecular formula is C16H12N2O2. The van der Waals surface area contributed by atoms with E-state index in [1.165, 1.54) is 0 Å². The summed E-state index contributed by atoms with van der Waals surface area (Å²) in [5.41, 5.74) is 4.13. The molecule has 1 N–H and O–H groups in total. The summed E-state index contributed by atoms with van der Waals surface area (Å²) in [4.78, 5) is 11.7. The predicted molar refractivity (Wildman–Crippen MR) is 74.3 cm³/mol. The second-order valence-electron chi connectivity index (χ2n) is 4.54. The molecule has 2 aromatic rings. The van der Waals surface area contributed by atoms with Crippen molar-refractivity contribution >= 4 is 5.91 Å². The minimum atomic E-state index is -0.0394. The van der Waals surface area contributed by atoms with Gasteiger partial charge in [-0.05, 0) is 34.9 Å². The van der Waals surface area contributed by atoms with Crippen LogP contribution in [0.1, 0.15) is 21.5 Å². The van der Waals surface area contributed by atoms with Crippen LogP contribution in [-0.4, -0.2) is 13.0 Å². The topological polar surface area (TPSA) is 62.1 Å². The van der Waals surface area contributed by atoms with Crippen molar-refractivity contribution in [3.63, 3.8) is 0 Å². The van der Waals surface area contributed by atoms with Crippen LogP contribution in [0.4, 0.5) is 0 Å². The quantitative estimate of drug-likeness (QED) is 0.906. The van der Waals surface area contributed by atoms with Crippen LogP contribution in [0.3, 0.4) is 0 Å². The summed E-state index contributed by atoms with van der Waals surface area (Å²) in [6, 6.07) is 13.2. The van der Waals surface area contributed by atoms with Crippen LogP contribution < -0.4 is 10.1 Å². The Kier molecular flexibility index (Phi) is 2.88. The van der Waals surface area contributed by atoms with Crippen LogP contribution in [0, 0.1) is 11.3 Å².